The number of thioether (sulfide) groups is 1. The molecule has 3 saturated carbocycles. The van der Waals surface area contributed by atoms with Crippen molar-refractivity contribution >= 4 is 28.6 Å². The summed E-state index contributed by atoms with van der Waals surface area (Å²) in [7, 11) is 0. The second kappa shape index (κ2) is 8.22. The van der Waals surface area contributed by atoms with Gasteiger partial charge in [0.05, 0.1) is 6.10 Å². The summed E-state index contributed by atoms with van der Waals surface area (Å²) in [5.74, 6) is -3.30. The van der Waals surface area contributed by atoms with Gasteiger partial charge in [-0.2, -0.15) is 0 Å². The van der Waals surface area contributed by atoms with Crippen LogP contribution < -0.4 is 0 Å². The number of halogens is 3. The predicted molar refractivity (Wildman–Crippen MR) is 121 cm³/mol. The highest BCUT2D eigenvalue weighted by atomic mass is 32.2. The lowest BCUT2D eigenvalue weighted by molar-refractivity contribution is -0.228. The van der Waals surface area contributed by atoms with Gasteiger partial charge >= 0.3 is 5.97 Å². The van der Waals surface area contributed by atoms with Crippen LogP contribution in [0.15, 0.2) is 23.8 Å². The molecule has 4 aliphatic rings. The van der Waals surface area contributed by atoms with Crippen molar-refractivity contribution in [2.75, 3.05) is 6.01 Å². The Balaban J connectivity index is 1.87. The fourth-order valence-electron chi connectivity index (χ4n) is 7.63. The van der Waals surface area contributed by atoms with E-state index in [4.69, 9.17) is 4.74 Å². The van der Waals surface area contributed by atoms with Gasteiger partial charge in [-0.15, -0.1) is 0 Å². The summed E-state index contributed by atoms with van der Waals surface area (Å²) in [6.07, 6.45) is 0.160. The number of esters is 1. The third-order valence-corrected chi connectivity index (χ3v) is 9.90. The molecule has 9 heteroatoms. The van der Waals surface area contributed by atoms with Gasteiger partial charge in [-0.25, -0.2) is 13.2 Å². The quantitative estimate of drug-likeness (QED) is 0.576. The number of allylic oxidation sites excluding steroid dienone is 4. The maximum atomic E-state index is 17.2. The molecule has 3 fully saturated rings. The zero-order chi connectivity index (χ0) is 25.3. The van der Waals surface area contributed by atoms with Crippen LogP contribution >= 0.6 is 11.8 Å². The first-order chi connectivity index (χ1) is 15.8. The van der Waals surface area contributed by atoms with Crippen LogP contribution in [-0.4, -0.2) is 51.5 Å². The van der Waals surface area contributed by atoms with Crippen molar-refractivity contribution in [3.8, 4) is 0 Å². The number of aliphatic hydroxyl groups is 1. The van der Waals surface area contributed by atoms with Crippen molar-refractivity contribution in [2.24, 2.45) is 28.6 Å². The second-order valence-corrected chi connectivity index (χ2v) is 11.5. The number of ketones is 1. The van der Waals surface area contributed by atoms with E-state index in [-0.39, 0.29) is 31.3 Å². The molecule has 0 unspecified atom stereocenters. The molecule has 0 aromatic rings. The lowest BCUT2D eigenvalue weighted by atomic mass is 9.44. The number of carbonyl (C=O) groups is 3. The van der Waals surface area contributed by atoms with Crippen molar-refractivity contribution in [1.29, 1.82) is 0 Å². The molecule has 0 aromatic heterocycles. The number of fused-ring (bicyclic) bond motifs is 5. The van der Waals surface area contributed by atoms with E-state index in [2.05, 4.69) is 0 Å². The van der Waals surface area contributed by atoms with Gasteiger partial charge < -0.3 is 9.84 Å². The van der Waals surface area contributed by atoms with Crippen LogP contribution in [-0.2, 0) is 19.1 Å². The zero-order valence-electron chi connectivity index (χ0n) is 19.8. The van der Waals surface area contributed by atoms with Crippen molar-refractivity contribution in [1.82, 2.24) is 0 Å². The van der Waals surface area contributed by atoms with Crippen LogP contribution in [0.3, 0.4) is 0 Å². The van der Waals surface area contributed by atoms with E-state index < -0.39 is 75.0 Å². The third-order valence-electron chi connectivity index (χ3n) is 9.22. The van der Waals surface area contributed by atoms with Gasteiger partial charge in [-0.05, 0) is 61.6 Å². The van der Waals surface area contributed by atoms with E-state index in [1.807, 2.05) is 0 Å². The van der Waals surface area contributed by atoms with Crippen LogP contribution in [0.1, 0.15) is 53.4 Å². The Morgan fingerprint density at radius 2 is 1.94 bits per heavy atom. The van der Waals surface area contributed by atoms with Gasteiger partial charge in [-0.1, -0.05) is 26.8 Å². The number of rotatable bonds is 4. The Labute approximate surface area is 201 Å². The number of hydrogen-bond donors (Lipinski definition) is 1. The summed E-state index contributed by atoms with van der Waals surface area (Å²) in [4.78, 5) is 37.8. The maximum absolute atomic E-state index is 17.2. The highest BCUT2D eigenvalue weighted by Crippen LogP contribution is 2.72. The highest BCUT2D eigenvalue weighted by molar-refractivity contribution is 8.13. The fraction of sp³-hybridized carbons (Fsp3) is 0.720. The van der Waals surface area contributed by atoms with E-state index in [1.165, 1.54) is 19.1 Å². The molecule has 188 valence electrons. The summed E-state index contributed by atoms with van der Waals surface area (Å²) in [5, 5.41) is 10.7. The number of aliphatic hydroxyl groups excluding tert-OH is 1. The van der Waals surface area contributed by atoms with Gasteiger partial charge in [0.15, 0.2) is 17.1 Å². The lowest BCUT2D eigenvalue weighted by Gasteiger charge is -2.63. The average Bonchev–Trinajstić information content (AvgIpc) is 2.99. The van der Waals surface area contributed by atoms with E-state index >= 15 is 8.78 Å². The zero-order valence-corrected chi connectivity index (χ0v) is 20.6. The molecule has 9 atom stereocenters. The topological polar surface area (TPSA) is 80.7 Å². The Morgan fingerprint density at radius 3 is 2.56 bits per heavy atom. The minimum Gasteiger partial charge on any atom is -0.449 e. The SMILES string of the molecule is CCC(=O)O[C@@]1(C(=O)SCF)[C@H](C)C[C@H]2[C@@H]3C[C@H](F)C4=CC(=O)C=C[C@]4(C)[C@]3(F)[C@H](O)C[C@@]21C. The molecule has 4 aliphatic carbocycles. The van der Waals surface area contributed by atoms with Gasteiger partial charge in [0.2, 0.25) is 5.12 Å². The molecule has 0 aromatic carbocycles. The van der Waals surface area contributed by atoms with Crippen molar-refractivity contribution in [2.45, 2.75) is 76.9 Å². The normalized spacial score (nSPS) is 47.4. The molecule has 0 radical (unpaired) electrons. The minimum absolute atomic E-state index is 0.0141. The monoisotopic (exact) mass is 500 g/mol. The fourth-order valence-corrected chi connectivity index (χ4v) is 8.42. The molecule has 0 spiro atoms. The number of alkyl halides is 3. The number of ether oxygens (including phenoxy) is 1. The van der Waals surface area contributed by atoms with Gasteiger partial charge in [0.1, 0.15) is 12.2 Å². The van der Waals surface area contributed by atoms with E-state index in [0.717, 1.165) is 6.08 Å². The Morgan fingerprint density at radius 1 is 1.26 bits per heavy atom. The molecule has 0 amide bonds. The van der Waals surface area contributed by atoms with Gasteiger partial charge in [0.25, 0.3) is 0 Å². The predicted octanol–water partition coefficient (Wildman–Crippen LogP) is 4.43. The second-order valence-electron chi connectivity index (χ2n) is 10.6. The molecule has 0 heterocycles. The summed E-state index contributed by atoms with van der Waals surface area (Å²) in [5.41, 5.74) is -6.84. The molecule has 0 saturated heterocycles. The van der Waals surface area contributed by atoms with E-state index in [0.29, 0.717) is 11.8 Å². The molecular formula is C25H31F3O5S. The Kier molecular flexibility index (Phi) is 6.16. The van der Waals surface area contributed by atoms with Crippen LogP contribution in [0.2, 0.25) is 0 Å². The summed E-state index contributed by atoms with van der Waals surface area (Å²) in [6, 6.07) is -1.02. The summed E-state index contributed by atoms with van der Waals surface area (Å²) >= 11 is 0.396. The summed E-state index contributed by atoms with van der Waals surface area (Å²) < 4.78 is 51.8. The largest absolute Gasteiger partial charge is 0.449 e. The van der Waals surface area contributed by atoms with E-state index in [1.54, 1.807) is 20.8 Å². The van der Waals surface area contributed by atoms with Crippen molar-refractivity contribution < 1.29 is 37.4 Å². The number of carbonyl (C=O) groups excluding carboxylic acids is 3. The molecule has 4 rings (SSSR count). The van der Waals surface area contributed by atoms with Gasteiger partial charge in [-0.3, -0.25) is 14.4 Å². The Hall–Kier alpha value is -1.61. The van der Waals surface area contributed by atoms with Crippen molar-refractivity contribution in [3.05, 3.63) is 23.8 Å². The first-order valence-electron chi connectivity index (χ1n) is 11.7. The van der Waals surface area contributed by atoms with E-state index in [9.17, 15) is 23.9 Å². The maximum Gasteiger partial charge on any atom is 0.306 e. The highest BCUT2D eigenvalue weighted by Gasteiger charge is 2.78. The Bertz CT molecular complexity index is 984. The molecule has 0 bridgehead atoms. The smallest absolute Gasteiger partial charge is 0.306 e. The van der Waals surface area contributed by atoms with Crippen LogP contribution in [0.25, 0.3) is 0 Å². The van der Waals surface area contributed by atoms with Crippen LogP contribution in [0.4, 0.5) is 13.2 Å². The van der Waals surface area contributed by atoms with Crippen LogP contribution in [0, 0.1) is 28.6 Å². The third kappa shape index (κ3) is 3.01. The molecule has 34 heavy (non-hydrogen) atoms. The summed E-state index contributed by atoms with van der Waals surface area (Å²) in [6.45, 7) is 6.45. The molecular weight excluding hydrogens is 469 g/mol. The first-order valence-corrected chi connectivity index (χ1v) is 12.7. The number of hydrogen-bond acceptors (Lipinski definition) is 6. The minimum atomic E-state index is -2.30. The molecule has 5 nitrogen and oxygen atoms in total. The lowest BCUT2D eigenvalue weighted by Crippen LogP contribution is -2.70. The average molecular weight is 501 g/mol. The molecule has 1 N–H and O–H groups in total. The van der Waals surface area contributed by atoms with Gasteiger partial charge in [0, 0.05) is 29.1 Å². The standard InChI is InChI=1S/C25H31F3O5S/c1-5-20(31)33-25(21(32)34-12-26)13(2)8-15-16-10-18(27)17-9-14(29)6-7-22(17,3)24(16,28)19(30)11-23(15,25)4/h6-7,9,13,15-16,18-19,30H,5,8,10-12H2,1-4H3/t13-,15+,16+,18+,19-,22+,23+,24-,25-/m1/s1. The first kappa shape index (κ1) is 25.5. The van der Waals surface area contributed by atoms with Crippen LogP contribution in [0.5, 0.6) is 0 Å². The van der Waals surface area contributed by atoms with Crippen molar-refractivity contribution in [3.63, 3.8) is 0 Å². The molecule has 0 aliphatic heterocycles.